The van der Waals surface area contributed by atoms with E-state index in [9.17, 15) is 19.1 Å². The van der Waals surface area contributed by atoms with Crippen LogP contribution in [0, 0.1) is 11.2 Å². The van der Waals surface area contributed by atoms with E-state index in [2.05, 4.69) is 0 Å². The van der Waals surface area contributed by atoms with Crippen LogP contribution in [0.25, 0.3) is 10.9 Å². The number of nitrogens with one attached hydrogen (secondary N) is 1. The molecule has 0 spiro atoms. The minimum absolute atomic E-state index is 0.0102. The number of benzene rings is 2. The predicted molar refractivity (Wildman–Crippen MR) is 114 cm³/mol. The monoisotopic (exact) mass is 427 g/mol. The number of carboxylic acids is 1. The fourth-order valence-corrected chi connectivity index (χ4v) is 3.08. The fraction of sp³-hybridized carbons (Fsp3) is 0.227. The van der Waals surface area contributed by atoms with Gasteiger partial charge < -0.3 is 24.9 Å². The van der Waals surface area contributed by atoms with Gasteiger partial charge in [-0.05, 0) is 37.3 Å². The van der Waals surface area contributed by atoms with E-state index in [0.29, 0.717) is 36.4 Å². The Labute approximate surface area is 177 Å². The maximum Gasteiger partial charge on any atom is 0.341 e. The molecule has 0 bridgehead atoms. The number of ether oxygens (including phenoxy) is 2. The molecular formula is C22H22FN3O5. The van der Waals surface area contributed by atoms with Crippen LogP contribution in [0.1, 0.15) is 29.3 Å². The Hall–Kier alpha value is -3.88. The molecule has 1 aromatic heterocycles. The number of rotatable bonds is 9. The average Bonchev–Trinajstić information content (AvgIpc) is 2.74. The van der Waals surface area contributed by atoms with E-state index in [1.807, 2.05) is 0 Å². The molecule has 0 saturated carbocycles. The van der Waals surface area contributed by atoms with Gasteiger partial charge in [-0.3, -0.25) is 10.2 Å². The van der Waals surface area contributed by atoms with Crippen LogP contribution in [0.2, 0.25) is 0 Å². The second-order valence-electron chi connectivity index (χ2n) is 6.75. The first-order valence-corrected chi connectivity index (χ1v) is 9.61. The van der Waals surface area contributed by atoms with Crippen molar-refractivity contribution in [2.45, 2.75) is 19.9 Å². The Kier molecular flexibility index (Phi) is 6.54. The van der Waals surface area contributed by atoms with Crippen molar-refractivity contribution >= 4 is 22.7 Å². The molecule has 0 radical (unpaired) electrons. The molecule has 0 amide bonds. The molecule has 0 aliphatic rings. The van der Waals surface area contributed by atoms with E-state index in [4.69, 9.17) is 20.6 Å². The number of hydrogen-bond donors (Lipinski definition) is 3. The van der Waals surface area contributed by atoms with Gasteiger partial charge in [0.25, 0.3) is 0 Å². The zero-order valence-corrected chi connectivity index (χ0v) is 16.9. The second-order valence-corrected chi connectivity index (χ2v) is 6.75. The Bertz CT molecular complexity index is 1190. The van der Waals surface area contributed by atoms with E-state index in [1.165, 1.54) is 12.3 Å². The molecule has 0 unspecified atom stereocenters. The number of carbonyl (C=O) groups is 1. The third-order valence-electron chi connectivity index (χ3n) is 4.69. The number of carboxylic acid groups (broad SMARTS) is 1. The molecular weight excluding hydrogens is 405 g/mol. The third-order valence-corrected chi connectivity index (χ3v) is 4.69. The summed E-state index contributed by atoms with van der Waals surface area (Å²) >= 11 is 0. The SMILES string of the molecule is CCn1cc(C(=O)O)c(=O)c2cc(F)c(OCCCOc3ccc(C(=N)N)cc3)cc21. The van der Waals surface area contributed by atoms with Crippen LogP contribution in [0.3, 0.4) is 0 Å². The Morgan fingerprint density at radius 2 is 1.87 bits per heavy atom. The highest BCUT2D eigenvalue weighted by Crippen LogP contribution is 2.24. The van der Waals surface area contributed by atoms with E-state index >= 15 is 0 Å². The van der Waals surface area contributed by atoms with E-state index < -0.39 is 22.8 Å². The largest absolute Gasteiger partial charge is 0.493 e. The standard InChI is InChI=1S/C22H22FN3O5/c1-2-26-12-16(22(28)29)20(27)15-10-17(23)19(11-18(15)26)31-9-3-8-30-14-6-4-13(5-7-14)21(24)25/h4-7,10-12H,2-3,8-9H2,1H3,(H3,24,25)(H,28,29). The summed E-state index contributed by atoms with van der Waals surface area (Å²) in [6.07, 6.45) is 1.73. The number of nitrogens with zero attached hydrogens (tertiary/aromatic N) is 1. The van der Waals surface area contributed by atoms with E-state index in [0.717, 1.165) is 6.07 Å². The van der Waals surface area contributed by atoms with Crippen molar-refractivity contribution in [1.29, 1.82) is 5.41 Å². The van der Waals surface area contributed by atoms with Crippen LogP contribution in [-0.2, 0) is 6.54 Å². The summed E-state index contributed by atoms with van der Waals surface area (Å²) in [5.41, 5.74) is 5.26. The number of aromatic nitrogens is 1. The molecule has 0 aliphatic heterocycles. The zero-order chi connectivity index (χ0) is 22.5. The van der Waals surface area contributed by atoms with Gasteiger partial charge in [0.2, 0.25) is 5.43 Å². The minimum Gasteiger partial charge on any atom is -0.493 e. The summed E-state index contributed by atoms with van der Waals surface area (Å²) in [7, 11) is 0. The van der Waals surface area contributed by atoms with Crippen molar-refractivity contribution in [1.82, 2.24) is 4.57 Å². The van der Waals surface area contributed by atoms with Gasteiger partial charge >= 0.3 is 5.97 Å². The lowest BCUT2D eigenvalue weighted by Crippen LogP contribution is -2.19. The maximum absolute atomic E-state index is 14.5. The van der Waals surface area contributed by atoms with Crippen LogP contribution < -0.4 is 20.6 Å². The van der Waals surface area contributed by atoms with Gasteiger partial charge in [-0.15, -0.1) is 0 Å². The Morgan fingerprint density at radius 3 is 2.48 bits per heavy atom. The molecule has 0 atom stereocenters. The molecule has 4 N–H and O–H groups in total. The van der Waals surface area contributed by atoms with Crippen molar-refractivity contribution in [3.05, 3.63) is 69.8 Å². The lowest BCUT2D eigenvalue weighted by atomic mass is 10.1. The van der Waals surface area contributed by atoms with Gasteiger partial charge in [0.05, 0.1) is 18.7 Å². The molecule has 0 fully saturated rings. The van der Waals surface area contributed by atoms with Crippen molar-refractivity contribution in [2.75, 3.05) is 13.2 Å². The molecule has 8 nitrogen and oxygen atoms in total. The molecule has 3 aromatic rings. The molecule has 2 aromatic carbocycles. The van der Waals surface area contributed by atoms with Crippen molar-refractivity contribution < 1.29 is 23.8 Å². The number of fused-ring (bicyclic) bond motifs is 1. The summed E-state index contributed by atoms with van der Waals surface area (Å²) in [6, 6.07) is 9.19. The van der Waals surface area contributed by atoms with Gasteiger partial charge in [-0.25, -0.2) is 9.18 Å². The first-order valence-electron chi connectivity index (χ1n) is 9.61. The van der Waals surface area contributed by atoms with Crippen LogP contribution in [0.4, 0.5) is 4.39 Å². The number of halogens is 1. The predicted octanol–water partition coefficient (Wildman–Crippen LogP) is 2.99. The maximum atomic E-state index is 14.5. The van der Waals surface area contributed by atoms with Gasteiger partial charge in [0.1, 0.15) is 17.1 Å². The Morgan fingerprint density at radius 1 is 1.19 bits per heavy atom. The summed E-state index contributed by atoms with van der Waals surface area (Å²) in [6.45, 7) is 2.70. The highest BCUT2D eigenvalue weighted by molar-refractivity contribution is 5.95. The molecule has 0 saturated heterocycles. The molecule has 0 aliphatic carbocycles. The molecule has 9 heteroatoms. The lowest BCUT2D eigenvalue weighted by molar-refractivity contribution is 0.0695. The van der Waals surface area contributed by atoms with Crippen LogP contribution in [0.5, 0.6) is 11.5 Å². The molecule has 3 rings (SSSR count). The number of pyridine rings is 1. The van der Waals surface area contributed by atoms with E-state index in [1.54, 1.807) is 35.8 Å². The number of aryl methyl sites for hydroxylation is 1. The summed E-state index contributed by atoms with van der Waals surface area (Å²) in [5.74, 6) is -1.53. The Balaban J connectivity index is 1.67. The molecule has 162 valence electrons. The molecule has 31 heavy (non-hydrogen) atoms. The first-order chi connectivity index (χ1) is 14.8. The molecule has 1 heterocycles. The van der Waals surface area contributed by atoms with Crippen LogP contribution in [0.15, 0.2) is 47.4 Å². The summed E-state index contributed by atoms with van der Waals surface area (Å²) in [5, 5.41) is 16.5. The van der Waals surface area contributed by atoms with Crippen LogP contribution in [-0.4, -0.2) is 34.7 Å². The lowest BCUT2D eigenvalue weighted by Gasteiger charge is -2.13. The normalized spacial score (nSPS) is 10.8. The number of nitrogen functional groups attached to an aromatic ring is 1. The smallest absolute Gasteiger partial charge is 0.341 e. The highest BCUT2D eigenvalue weighted by Gasteiger charge is 2.17. The zero-order valence-electron chi connectivity index (χ0n) is 16.9. The van der Waals surface area contributed by atoms with Crippen molar-refractivity contribution in [3.8, 4) is 11.5 Å². The van der Waals surface area contributed by atoms with Gasteiger partial charge in [0.15, 0.2) is 11.6 Å². The average molecular weight is 427 g/mol. The highest BCUT2D eigenvalue weighted by atomic mass is 19.1. The van der Waals surface area contributed by atoms with Crippen molar-refractivity contribution in [3.63, 3.8) is 0 Å². The second kappa shape index (κ2) is 9.29. The number of amidine groups is 1. The summed E-state index contributed by atoms with van der Waals surface area (Å²) in [4.78, 5) is 23.6. The van der Waals surface area contributed by atoms with Crippen LogP contribution >= 0.6 is 0 Å². The number of hydrogen-bond acceptors (Lipinski definition) is 5. The minimum atomic E-state index is -1.36. The van der Waals surface area contributed by atoms with Gasteiger partial charge in [-0.2, -0.15) is 0 Å². The fourth-order valence-electron chi connectivity index (χ4n) is 3.08. The van der Waals surface area contributed by atoms with Gasteiger partial charge in [0, 0.05) is 36.2 Å². The van der Waals surface area contributed by atoms with E-state index in [-0.39, 0.29) is 23.6 Å². The summed E-state index contributed by atoms with van der Waals surface area (Å²) < 4.78 is 27.1. The first kappa shape index (κ1) is 21.8. The quantitative estimate of drug-likeness (QED) is 0.274. The van der Waals surface area contributed by atoms with Crippen molar-refractivity contribution in [2.24, 2.45) is 5.73 Å². The van der Waals surface area contributed by atoms with Gasteiger partial charge in [-0.1, -0.05) is 0 Å². The number of nitrogens with two attached hydrogens (primary N) is 1. The third kappa shape index (κ3) is 4.82. The number of aromatic carboxylic acids is 1. The topological polar surface area (TPSA) is 128 Å².